The number of halogens is 6. The van der Waals surface area contributed by atoms with Crippen LogP contribution in [0.1, 0.15) is 51.7 Å². The summed E-state index contributed by atoms with van der Waals surface area (Å²) < 4.78 is 106. The van der Waals surface area contributed by atoms with Crippen molar-refractivity contribution in [3.8, 4) is 0 Å². The summed E-state index contributed by atoms with van der Waals surface area (Å²) in [4.78, 5) is 26.2. The van der Waals surface area contributed by atoms with Crippen LogP contribution in [0.4, 0.5) is 26.3 Å². The first kappa shape index (κ1) is 38.0. The van der Waals surface area contributed by atoms with Crippen LogP contribution >= 0.6 is 0 Å². The van der Waals surface area contributed by atoms with Crippen molar-refractivity contribution in [3.63, 3.8) is 0 Å². The van der Waals surface area contributed by atoms with Gasteiger partial charge in [-0.1, -0.05) is 80.6 Å². The summed E-state index contributed by atoms with van der Waals surface area (Å²) in [5.74, 6) is -3.56. The van der Waals surface area contributed by atoms with Crippen LogP contribution in [0.25, 0.3) is 0 Å². The van der Waals surface area contributed by atoms with Crippen molar-refractivity contribution in [1.29, 1.82) is 0 Å². The Morgan fingerprint density at radius 3 is 1.60 bits per heavy atom. The van der Waals surface area contributed by atoms with E-state index < -0.39 is 81.9 Å². The van der Waals surface area contributed by atoms with Crippen LogP contribution in [-0.2, 0) is 39.7 Å². The maximum Gasteiger partial charge on any atom is 0.432 e. The Morgan fingerprint density at radius 1 is 0.787 bits per heavy atom. The zero-order valence-corrected chi connectivity index (χ0v) is 26.6. The van der Waals surface area contributed by atoms with E-state index in [1.165, 1.54) is 57.2 Å². The van der Waals surface area contributed by atoms with Crippen molar-refractivity contribution < 1.29 is 65.1 Å². The molecule has 260 valence electrons. The molecule has 14 heteroatoms. The summed E-state index contributed by atoms with van der Waals surface area (Å²) in [5.41, 5.74) is -13.8. The molecule has 0 aromatic heterocycles. The van der Waals surface area contributed by atoms with Crippen LogP contribution in [0.15, 0.2) is 72.8 Å². The fourth-order valence-electron chi connectivity index (χ4n) is 6.19. The van der Waals surface area contributed by atoms with Crippen molar-refractivity contribution in [2.24, 2.45) is 5.41 Å². The minimum absolute atomic E-state index is 0.259. The van der Waals surface area contributed by atoms with Crippen molar-refractivity contribution in [1.82, 2.24) is 0 Å². The number of alkyl halides is 6. The number of rotatable bonds is 10. The number of ether oxygens (including phenoxy) is 4. The second kappa shape index (κ2) is 13.2. The Morgan fingerprint density at radius 2 is 1.21 bits per heavy atom. The van der Waals surface area contributed by atoms with E-state index in [0.29, 0.717) is 14.2 Å². The molecule has 8 nitrogen and oxygen atoms in total. The Balaban J connectivity index is 1.87. The summed E-state index contributed by atoms with van der Waals surface area (Å²) in [6.45, 7) is 5.28. The maximum atomic E-state index is 14.4. The lowest BCUT2D eigenvalue weighted by molar-refractivity contribution is -0.283. The summed E-state index contributed by atoms with van der Waals surface area (Å²) in [5, 5.41) is 23.2. The molecule has 1 aliphatic carbocycles. The largest absolute Gasteiger partial charge is 0.460 e. The Hall–Kier alpha value is -3.46. The molecule has 0 spiro atoms. The van der Waals surface area contributed by atoms with Crippen LogP contribution in [-0.4, -0.2) is 72.1 Å². The second-order valence-electron chi connectivity index (χ2n) is 12.3. The van der Waals surface area contributed by atoms with Gasteiger partial charge in [0.05, 0.1) is 5.60 Å². The Bertz CT molecular complexity index is 1410. The van der Waals surface area contributed by atoms with Gasteiger partial charge in [-0.3, -0.25) is 0 Å². The molecule has 3 rings (SSSR count). The van der Waals surface area contributed by atoms with E-state index in [1.54, 1.807) is 0 Å². The van der Waals surface area contributed by atoms with E-state index >= 15 is 0 Å². The third kappa shape index (κ3) is 6.65. The van der Waals surface area contributed by atoms with Crippen LogP contribution < -0.4 is 0 Å². The lowest BCUT2D eigenvalue weighted by Crippen LogP contribution is -2.66. The van der Waals surface area contributed by atoms with Gasteiger partial charge in [0.25, 0.3) is 11.2 Å². The molecule has 0 radical (unpaired) electrons. The normalized spacial score (nSPS) is 26.6. The third-order valence-corrected chi connectivity index (χ3v) is 8.74. The zero-order chi connectivity index (χ0) is 35.7. The van der Waals surface area contributed by atoms with Gasteiger partial charge in [0.2, 0.25) is 0 Å². The molecule has 47 heavy (non-hydrogen) atoms. The Labute approximate surface area is 268 Å². The highest BCUT2D eigenvalue weighted by Gasteiger charge is 2.66. The van der Waals surface area contributed by atoms with E-state index in [2.05, 4.69) is 0 Å². The zero-order valence-electron chi connectivity index (χ0n) is 26.6. The number of methoxy groups -OCH3 is 2. The molecule has 6 atom stereocenters. The summed E-state index contributed by atoms with van der Waals surface area (Å²) >= 11 is 0. The SMILES string of the molecule is CO[C@](C(=O)OC1CC(C)(C)[C@](O)(/C=C/[C@H](C)OC(=O)[C@@](OC)(c2ccccc2)C(F)(F)F)[C@](C)(O)C1)(c1ccccc1)C(F)(F)F. The highest BCUT2D eigenvalue weighted by Crippen LogP contribution is 2.52. The van der Waals surface area contributed by atoms with Crippen molar-refractivity contribution >= 4 is 11.9 Å². The molecule has 0 bridgehead atoms. The predicted molar refractivity (Wildman–Crippen MR) is 156 cm³/mol. The van der Waals surface area contributed by atoms with Gasteiger partial charge in [0, 0.05) is 37.2 Å². The molecule has 0 aliphatic heterocycles. The van der Waals surface area contributed by atoms with Crippen LogP contribution in [0.3, 0.4) is 0 Å². The van der Waals surface area contributed by atoms with E-state index in [0.717, 1.165) is 43.3 Å². The second-order valence-corrected chi connectivity index (χ2v) is 12.3. The topological polar surface area (TPSA) is 112 Å². The van der Waals surface area contributed by atoms with Gasteiger partial charge >= 0.3 is 24.3 Å². The van der Waals surface area contributed by atoms with Gasteiger partial charge in [0.15, 0.2) is 0 Å². The molecular formula is C33H38F6O8. The molecule has 2 N–H and O–H groups in total. The Kier molecular flexibility index (Phi) is 10.7. The van der Waals surface area contributed by atoms with E-state index in [9.17, 15) is 46.1 Å². The fourth-order valence-corrected chi connectivity index (χ4v) is 6.19. The average molecular weight is 677 g/mol. The fraction of sp³-hybridized carbons (Fsp3) is 0.515. The number of carbonyl (C=O) groups excluding carboxylic acids is 2. The first-order chi connectivity index (χ1) is 21.6. The third-order valence-electron chi connectivity index (χ3n) is 8.74. The number of hydrogen-bond donors (Lipinski definition) is 2. The standard InChI is InChI=1S/C33H38F6O8/c1-21(46-25(40)30(44-5,32(34,35)36)22-13-9-7-10-14-22)17-18-29(43)27(2,3)19-24(20-28(29,4)42)47-26(41)31(45-6,33(37,38)39)23-15-11-8-12-16-23/h7-18,21,24,42-43H,19-20H2,1-6H3/b18-17+/t21-,24?,28+,29+,30-,31-/m0/s1. The smallest absolute Gasteiger partial charge is 0.432 e. The minimum atomic E-state index is -5.24. The summed E-state index contributed by atoms with van der Waals surface area (Å²) in [6, 6.07) is 12.3. The lowest BCUT2D eigenvalue weighted by atomic mass is 9.57. The van der Waals surface area contributed by atoms with E-state index in [4.69, 9.17) is 18.9 Å². The molecular weight excluding hydrogens is 638 g/mol. The molecule has 0 heterocycles. The average Bonchev–Trinajstić information content (AvgIpc) is 2.95. The molecule has 0 amide bonds. The molecule has 1 aliphatic rings. The number of hydrogen-bond acceptors (Lipinski definition) is 8. The molecule has 2 aromatic rings. The van der Waals surface area contributed by atoms with Crippen LogP contribution in [0.5, 0.6) is 0 Å². The van der Waals surface area contributed by atoms with Gasteiger partial charge in [-0.2, -0.15) is 26.3 Å². The lowest BCUT2D eigenvalue weighted by Gasteiger charge is -2.55. The van der Waals surface area contributed by atoms with Crippen LogP contribution in [0, 0.1) is 5.41 Å². The highest BCUT2D eigenvalue weighted by atomic mass is 19.4. The van der Waals surface area contributed by atoms with E-state index in [-0.39, 0.29) is 6.42 Å². The predicted octanol–water partition coefficient (Wildman–Crippen LogP) is 5.90. The van der Waals surface area contributed by atoms with Gasteiger partial charge in [-0.15, -0.1) is 0 Å². The van der Waals surface area contributed by atoms with E-state index in [1.807, 2.05) is 0 Å². The maximum absolute atomic E-state index is 14.4. The first-order valence-electron chi connectivity index (χ1n) is 14.5. The number of esters is 2. The van der Waals surface area contributed by atoms with Gasteiger partial charge in [-0.05, 0) is 26.3 Å². The first-order valence-corrected chi connectivity index (χ1v) is 14.5. The van der Waals surface area contributed by atoms with Gasteiger partial charge in [-0.25, -0.2) is 9.59 Å². The van der Waals surface area contributed by atoms with Crippen molar-refractivity contribution in [3.05, 3.63) is 83.9 Å². The monoisotopic (exact) mass is 676 g/mol. The van der Waals surface area contributed by atoms with Gasteiger partial charge < -0.3 is 29.2 Å². The molecule has 1 unspecified atom stereocenters. The molecule has 0 saturated heterocycles. The van der Waals surface area contributed by atoms with Gasteiger partial charge in [0.1, 0.15) is 17.8 Å². The minimum Gasteiger partial charge on any atom is -0.460 e. The number of benzene rings is 2. The van der Waals surface area contributed by atoms with Crippen molar-refractivity contribution in [2.45, 2.75) is 87.5 Å². The van der Waals surface area contributed by atoms with Crippen LogP contribution in [0.2, 0.25) is 0 Å². The molecule has 2 aromatic carbocycles. The molecule has 1 saturated carbocycles. The highest BCUT2D eigenvalue weighted by molar-refractivity contribution is 5.83. The summed E-state index contributed by atoms with van der Waals surface area (Å²) in [7, 11) is 1.42. The quantitative estimate of drug-likeness (QED) is 0.182. The summed E-state index contributed by atoms with van der Waals surface area (Å²) in [6.07, 6.45) is -11.9. The van der Waals surface area contributed by atoms with Crippen molar-refractivity contribution in [2.75, 3.05) is 14.2 Å². The number of carbonyl (C=O) groups is 2. The molecule has 1 fully saturated rings. The number of aliphatic hydroxyl groups is 2.